The van der Waals surface area contributed by atoms with Crippen LogP contribution in [0.5, 0.6) is 0 Å². The number of hydrogen-bond donors (Lipinski definition) is 2. The van der Waals surface area contributed by atoms with Gasteiger partial charge in [0.25, 0.3) is 0 Å². The minimum Gasteiger partial charge on any atom is -0.370 e. The molecule has 0 bridgehead atoms. The zero-order valence-corrected chi connectivity index (χ0v) is 19.3. The van der Waals surface area contributed by atoms with E-state index in [1.165, 1.54) is 15.9 Å². The molecule has 0 radical (unpaired) electrons. The second-order valence-electron chi connectivity index (χ2n) is 7.44. The van der Waals surface area contributed by atoms with Crippen molar-refractivity contribution in [3.05, 3.63) is 78.9 Å². The summed E-state index contributed by atoms with van der Waals surface area (Å²) in [5.41, 5.74) is 13.7. The first-order valence-corrected chi connectivity index (χ1v) is 11.3. The average Bonchev–Trinajstić information content (AvgIpc) is 2.75. The van der Waals surface area contributed by atoms with Crippen LogP contribution in [0.4, 0.5) is 11.4 Å². The normalized spacial score (nSPS) is 13.0. The van der Waals surface area contributed by atoms with Crippen LogP contribution in [0.2, 0.25) is 0 Å². The lowest BCUT2D eigenvalue weighted by Gasteiger charge is -2.20. The van der Waals surface area contributed by atoms with Crippen molar-refractivity contribution >= 4 is 47.1 Å². The first-order valence-electron chi connectivity index (χ1n) is 9.93. The molecule has 0 aromatic heterocycles. The van der Waals surface area contributed by atoms with E-state index < -0.39 is 7.92 Å². The summed E-state index contributed by atoms with van der Waals surface area (Å²) in [6, 6.07) is 27.0. The van der Waals surface area contributed by atoms with Crippen molar-refractivity contribution in [3.8, 4) is 0 Å². The molecule has 0 saturated heterocycles. The van der Waals surface area contributed by atoms with E-state index in [1.54, 1.807) is 9.80 Å². The van der Waals surface area contributed by atoms with Crippen molar-refractivity contribution in [2.75, 3.05) is 28.2 Å². The molecule has 0 saturated carbocycles. The highest BCUT2D eigenvalue weighted by molar-refractivity contribution is 7.79. The molecule has 0 spiro atoms. The van der Waals surface area contributed by atoms with Crippen molar-refractivity contribution in [3.63, 3.8) is 0 Å². The van der Waals surface area contributed by atoms with Gasteiger partial charge in [-0.05, 0) is 48.1 Å². The van der Waals surface area contributed by atoms with Crippen molar-refractivity contribution in [2.24, 2.45) is 21.5 Å². The number of benzene rings is 3. The minimum atomic E-state index is -0.806. The SMILES string of the molecule is CN(C)C(N)=Nc1cccc(P(c2ccccc2)c2cccc(N=C(N)N(C)C)c2)c1. The van der Waals surface area contributed by atoms with Gasteiger partial charge in [-0.15, -0.1) is 0 Å². The van der Waals surface area contributed by atoms with Crippen LogP contribution in [-0.2, 0) is 0 Å². The maximum atomic E-state index is 6.04. The summed E-state index contributed by atoms with van der Waals surface area (Å²) < 4.78 is 0. The van der Waals surface area contributed by atoms with E-state index in [0.29, 0.717) is 11.9 Å². The molecule has 3 aromatic carbocycles. The van der Waals surface area contributed by atoms with Gasteiger partial charge in [0.1, 0.15) is 0 Å². The van der Waals surface area contributed by atoms with Gasteiger partial charge in [0.05, 0.1) is 11.4 Å². The van der Waals surface area contributed by atoms with Crippen molar-refractivity contribution in [1.29, 1.82) is 0 Å². The number of nitrogens with zero attached hydrogens (tertiary/aromatic N) is 4. The van der Waals surface area contributed by atoms with Crippen LogP contribution in [0, 0.1) is 0 Å². The minimum absolute atomic E-state index is 0.469. The summed E-state index contributed by atoms with van der Waals surface area (Å²) in [7, 11) is 6.71. The third-order valence-electron chi connectivity index (χ3n) is 4.59. The van der Waals surface area contributed by atoms with E-state index in [1.807, 2.05) is 58.5 Å². The van der Waals surface area contributed by atoms with E-state index in [-0.39, 0.29) is 0 Å². The Morgan fingerprint density at radius 1 is 0.613 bits per heavy atom. The molecule has 31 heavy (non-hydrogen) atoms. The average molecular weight is 433 g/mol. The second kappa shape index (κ2) is 10.1. The van der Waals surface area contributed by atoms with Crippen LogP contribution in [0.15, 0.2) is 88.8 Å². The molecule has 160 valence electrons. The predicted molar refractivity (Wildman–Crippen MR) is 135 cm³/mol. The number of hydrogen-bond acceptors (Lipinski definition) is 2. The number of aliphatic imine (C=N–C) groups is 2. The molecule has 6 nitrogen and oxygen atoms in total. The van der Waals surface area contributed by atoms with Crippen LogP contribution in [0.1, 0.15) is 0 Å². The third kappa shape index (κ3) is 5.83. The van der Waals surface area contributed by atoms with E-state index in [2.05, 4.69) is 58.5 Å². The molecule has 3 rings (SSSR count). The second-order valence-corrected chi connectivity index (χ2v) is 9.66. The van der Waals surface area contributed by atoms with Crippen LogP contribution >= 0.6 is 7.92 Å². The lowest BCUT2D eigenvalue weighted by atomic mass is 10.3. The van der Waals surface area contributed by atoms with Gasteiger partial charge in [-0.25, -0.2) is 9.98 Å². The quantitative estimate of drug-likeness (QED) is 0.369. The Bertz CT molecular complexity index is 1010. The van der Waals surface area contributed by atoms with Crippen LogP contribution in [-0.4, -0.2) is 49.9 Å². The Kier molecular flexibility index (Phi) is 7.27. The highest BCUT2D eigenvalue weighted by atomic mass is 31.1. The number of nitrogens with two attached hydrogens (primary N) is 2. The molecule has 3 aromatic rings. The van der Waals surface area contributed by atoms with Gasteiger partial charge < -0.3 is 21.3 Å². The van der Waals surface area contributed by atoms with E-state index in [0.717, 1.165) is 11.4 Å². The summed E-state index contributed by atoms with van der Waals surface area (Å²) >= 11 is 0. The predicted octanol–water partition coefficient (Wildman–Crippen LogP) is 2.46. The van der Waals surface area contributed by atoms with Crippen molar-refractivity contribution in [1.82, 2.24) is 9.80 Å². The Morgan fingerprint density at radius 2 is 1.03 bits per heavy atom. The fourth-order valence-electron chi connectivity index (χ4n) is 2.89. The molecule has 0 aliphatic carbocycles. The topological polar surface area (TPSA) is 83.2 Å². The fourth-order valence-corrected chi connectivity index (χ4v) is 5.25. The van der Waals surface area contributed by atoms with Crippen LogP contribution in [0.3, 0.4) is 0 Å². The maximum absolute atomic E-state index is 6.04. The largest absolute Gasteiger partial charge is 0.370 e. The van der Waals surface area contributed by atoms with Crippen molar-refractivity contribution < 1.29 is 0 Å². The van der Waals surface area contributed by atoms with Gasteiger partial charge >= 0.3 is 0 Å². The fraction of sp³-hybridized carbons (Fsp3) is 0.167. The van der Waals surface area contributed by atoms with Crippen LogP contribution in [0.25, 0.3) is 0 Å². The highest BCUT2D eigenvalue weighted by Gasteiger charge is 2.17. The number of rotatable bonds is 5. The molecular weight excluding hydrogens is 403 g/mol. The smallest absolute Gasteiger partial charge is 0.195 e. The summed E-state index contributed by atoms with van der Waals surface area (Å²) in [6.45, 7) is 0. The van der Waals surface area contributed by atoms with Gasteiger partial charge in [-0.1, -0.05) is 54.6 Å². The third-order valence-corrected chi connectivity index (χ3v) is 7.00. The molecule has 0 fully saturated rings. The van der Waals surface area contributed by atoms with Gasteiger partial charge in [-0.2, -0.15) is 0 Å². The first-order chi connectivity index (χ1) is 14.8. The Labute approximate surface area is 185 Å². The molecule has 0 aliphatic rings. The maximum Gasteiger partial charge on any atom is 0.195 e. The van der Waals surface area contributed by atoms with E-state index in [9.17, 15) is 0 Å². The van der Waals surface area contributed by atoms with Gasteiger partial charge in [0.15, 0.2) is 11.9 Å². The van der Waals surface area contributed by atoms with Crippen LogP contribution < -0.4 is 27.4 Å². The highest BCUT2D eigenvalue weighted by Crippen LogP contribution is 2.35. The van der Waals surface area contributed by atoms with Crippen molar-refractivity contribution in [2.45, 2.75) is 0 Å². The lowest BCUT2D eigenvalue weighted by Crippen LogP contribution is -2.30. The molecule has 7 heteroatoms. The molecule has 0 atom stereocenters. The van der Waals surface area contributed by atoms with Gasteiger partial charge in [0, 0.05) is 28.2 Å². The van der Waals surface area contributed by atoms with Gasteiger partial charge in [-0.3, -0.25) is 0 Å². The van der Waals surface area contributed by atoms with E-state index in [4.69, 9.17) is 11.5 Å². The lowest BCUT2D eigenvalue weighted by molar-refractivity contribution is 0.615. The standard InChI is InChI=1S/C24H29N6P/c1-29(2)23(25)27-18-10-8-14-21(16-18)31(20-12-6-5-7-13-20)22-15-9-11-19(17-22)28-24(26)30(3)4/h5-17H,1-4H3,(H2,25,27)(H2,26,28). The summed E-state index contributed by atoms with van der Waals surface area (Å²) in [5.74, 6) is 0.938. The zero-order valence-electron chi connectivity index (χ0n) is 18.4. The summed E-state index contributed by atoms with van der Waals surface area (Å²) in [4.78, 5) is 12.7. The van der Waals surface area contributed by atoms with Gasteiger partial charge in [0.2, 0.25) is 0 Å². The molecule has 0 aliphatic heterocycles. The zero-order chi connectivity index (χ0) is 22.4. The summed E-state index contributed by atoms with van der Waals surface area (Å²) in [5, 5.41) is 3.63. The van der Waals surface area contributed by atoms with E-state index >= 15 is 0 Å². The molecule has 4 N–H and O–H groups in total. The number of guanidine groups is 2. The Morgan fingerprint density at radius 3 is 1.45 bits per heavy atom. The molecule has 0 amide bonds. The first kappa shape index (κ1) is 22.3. The monoisotopic (exact) mass is 432 g/mol. The Balaban J connectivity index is 2.10. The molecule has 0 heterocycles. The Hall–Kier alpha value is -3.37. The summed E-state index contributed by atoms with van der Waals surface area (Å²) in [6.07, 6.45) is 0. The molecular formula is C24H29N6P. The molecule has 0 unspecified atom stereocenters.